The molecule has 0 aliphatic carbocycles. The third-order valence-corrected chi connectivity index (χ3v) is 3.88. The minimum Gasteiger partial charge on any atom is -0.326 e. The van der Waals surface area contributed by atoms with E-state index < -0.39 is 6.04 Å². The molecule has 7 nitrogen and oxygen atoms in total. The van der Waals surface area contributed by atoms with Crippen LogP contribution in [0.1, 0.15) is 23.6 Å². The maximum absolute atomic E-state index is 12.5. The third kappa shape index (κ3) is 3.74. The standard InChI is InChI=1S/C16H19N5O2.ClH/c1-17-15(11-8-18-21(2)9-11)16(23)19-12-4-5-13-10(7-12)3-6-14(22)20-13;/h4-5,7-9,15,17H,3,6H2,1-2H3,(H,19,23)(H,20,22);1H. The molecule has 1 unspecified atom stereocenters. The Kier molecular flexibility index (Phi) is 5.58. The van der Waals surface area contributed by atoms with Gasteiger partial charge in [0.2, 0.25) is 11.8 Å². The fourth-order valence-corrected chi connectivity index (χ4v) is 2.71. The predicted molar refractivity (Wildman–Crippen MR) is 94.3 cm³/mol. The molecule has 0 fully saturated rings. The van der Waals surface area contributed by atoms with Crippen LogP contribution in [0.3, 0.4) is 0 Å². The van der Waals surface area contributed by atoms with Crippen LogP contribution >= 0.6 is 12.4 Å². The van der Waals surface area contributed by atoms with Crippen molar-refractivity contribution in [2.45, 2.75) is 18.9 Å². The van der Waals surface area contributed by atoms with Gasteiger partial charge in [-0.3, -0.25) is 14.3 Å². The molecule has 3 N–H and O–H groups in total. The summed E-state index contributed by atoms with van der Waals surface area (Å²) >= 11 is 0. The molecule has 2 aromatic rings. The molecule has 0 bridgehead atoms. The number of benzene rings is 1. The van der Waals surface area contributed by atoms with Gasteiger partial charge in [0.15, 0.2) is 0 Å². The lowest BCUT2D eigenvalue weighted by Crippen LogP contribution is -2.30. The molecule has 1 aliphatic rings. The zero-order valence-corrected chi connectivity index (χ0v) is 14.3. The number of aromatic nitrogens is 2. The summed E-state index contributed by atoms with van der Waals surface area (Å²) in [7, 11) is 3.55. The topological polar surface area (TPSA) is 88.1 Å². The molecule has 1 aliphatic heterocycles. The number of aryl methyl sites for hydroxylation is 2. The van der Waals surface area contributed by atoms with Crippen molar-refractivity contribution in [1.82, 2.24) is 15.1 Å². The van der Waals surface area contributed by atoms with Crippen molar-refractivity contribution in [1.29, 1.82) is 0 Å². The number of halogens is 1. The fraction of sp³-hybridized carbons (Fsp3) is 0.312. The van der Waals surface area contributed by atoms with Crippen LogP contribution in [0.2, 0.25) is 0 Å². The van der Waals surface area contributed by atoms with Gasteiger partial charge in [0, 0.05) is 36.6 Å². The van der Waals surface area contributed by atoms with Gasteiger partial charge in [0.1, 0.15) is 6.04 Å². The van der Waals surface area contributed by atoms with Crippen LogP contribution in [0.5, 0.6) is 0 Å². The predicted octanol–water partition coefficient (Wildman–Crippen LogP) is 1.63. The Balaban J connectivity index is 0.00000208. The number of hydrogen-bond donors (Lipinski definition) is 3. The normalized spacial score (nSPS) is 14.2. The Labute approximate surface area is 146 Å². The average molecular weight is 350 g/mol. The molecule has 1 aromatic heterocycles. The lowest BCUT2D eigenvalue weighted by molar-refractivity contribution is -0.118. The van der Waals surface area contributed by atoms with Gasteiger partial charge in [-0.25, -0.2) is 0 Å². The van der Waals surface area contributed by atoms with E-state index >= 15 is 0 Å². The van der Waals surface area contributed by atoms with E-state index in [-0.39, 0.29) is 24.2 Å². The van der Waals surface area contributed by atoms with Crippen molar-refractivity contribution >= 4 is 35.6 Å². The van der Waals surface area contributed by atoms with E-state index in [1.54, 1.807) is 24.0 Å². The van der Waals surface area contributed by atoms with Gasteiger partial charge < -0.3 is 16.0 Å². The first-order chi connectivity index (χ1) is 11.1. The molecule has 8 heteroatoms. The number of nitrogens with zero attached hydrogens (tertiary/aromatic N) is 2. The molecule has 1 atom stereocenters. The van der Waals surface area contributed by atoms with Crippen molar-refractivity contribution in [2.75, 3.05) is 17.7 Å². The highest BCUT2D eigenvalue weighted by Crippen LogP contribution is 2.26. The second-order valence-electron chi connectivity index (χ2n) is 5.58. The summed E-state index contributed by atoms with van der Waals surface area (Å²) in [5.41, 5.74) is 3.37. The molecular formula is C16H20ClN5O2. The largest absolute Gasteiger partial charge is 0.326 e. The molecule has 24 heavy (non-hydrogen) atoms. The highest BCUT2D eigenvalue weighted by molar-refractivity contribution is 5.97. The van der Waals surface area contributed by atoms with Gasteiger partial charge in [-0.05, 0) is 37.2 Å². The summed E-state index contributed by atoms with van der Waals surface area (Å²) in [6.45, 7) is 0. The molecular weight excluding hydrogens is 330 g/mol. The summed E-state index contributed by atoms with van der Waals surface area (Å²) in [4.78, 5) is 23.9. The number of rotatable bonds is 4. The summed E-state index contributed by atoms with van der Waals surface area (Å²) < 4.78 is 1.66. The number of amides is 2. The van der Waals surface area contributed by atoms with Crippen molar-refractivity contribution in [3.63, 3.8) is 0 Å². The minimum atomic E-state index is -0.473. The van der Waals surface area contributed by atoms with Crippen LogP contribution in [0.25, 0.3) is 0 Å². The summed E-state index contributed by atoms with van der Waals surface area (Å²) in [5, 5.41) is 12.8. The number of carbonyl (C=O) groups is 2. The van der Waals surface area contributed by atoms with Crippen molar-refractivity contribution in [2.24, 2.45) is 7.05 Å². The molecule has 0 saturated heterocycles. The lowest BCUT2D eigenvalue weighted by atomic mass is 10.0. The molecule has 128 valence electrons. The maximum atomic E-state index is 12.5. The summed E-state index contributed by atoms with van der Waals surface area (Å²) in [6, 6.07) is 5.04. The van der Waals surface area contributed by atoms with Crippen LogP contribution in [0.15, 0.2) is 30.6 Å². The smallest absolute Gasteiger partial charge is 0.246 e. The van der Waals surface area contributed by atoms with E-state index in [1.165, 1.54) is 0 Å². The van der Waals surface area contributed by atoms with Gasteiger partial charge in [0.05, 0.1) is 6.20 Å². The lowest BCUT2D eigenvalue weighted by Gasteiger charge is -2.19. The highest BCUT2D eigenvalue weighted by Gasteiger charge is 2.21. The van der Waals surface area contributed by atoms with E-state index in [1.807, 2.05) is 25.4 Å². The van der Waals surface area contributed by atoms with Crippen LogP contribution < -0.4 is 16.0 Å². The second-order valence-corrected chi connectivity index (χ2v) is 5.58. The fourth-order valence-electron chi connectivity index (χ4n) is 2.71. The Morgan fingerprint density at radius 2 is 2.17 bits per heavy atom. The van der Waals surface area contributed by atoms with E-state index in [0.29, 0.717) is 18.5 Å². The van der Waals surface area contributed by atoms with Crippen molar-refractivity contribution in [3.05, 3.63) is 41.7 Å². The first-order valence-electron chi connectivity index (χ1n) is 7.46. The molecule has 0 spiro atoms. The number of carbonyl (C=O) groups excluding carboxylic acids is 2. The molecule has 1 aromatic carbocycles. The van der Waals surface area contributed by atoms with E-state index in [4.69, 9.17) is 0 Å². The quantitative estimate of drug-likeness (QED) is 0.782. The van der Waals surface area contributed by atoms with Gasteiger partial charge in [0.25, 0.3) is 0 Å². The van der Waals surface area contributed by atoms with Crippen LogP contribution in [0, 0.1) is 0 Å². The Bertz CT molecular complexity index is 759. The van der Waals surface area contributed by atoms with Crippen LogP contribution in [-0.2, 0) is 23.1 Å². The second kappa shape index (κ2) is 7.46. The molecule has 2 heterocycles. The number of nitrogens with one attached hydrogen (secondary N) is 3. The minimum absolute atomic E-state index is 0. The Hall–Kier alpha value is -2.38. The van der Waals surface area contributed by atoms with Crippen LogP contribution in [0.4, 0.5) is 11.4 Å². The molecule has 0 radical (unpaired) electrons. The van der Waals surface area contributed by atoms with Crippen molar-refractivity contribution in [3.8, 4) is 0 Å². The average Bonchev–Trinajstić information content (AvgIpc) is 2.94. The number of hydrogen-bond acceptors (Lipinski definition) is 4. The zero-order chi connectivity index (χ0) is 16.4. The first kappa shape index (κ1) is 18.0. The monoisotopic (exact) mass is 349 g/mol. The molecule has 3 rings (SSSR count). The zero-order valence-electron chi connectivity index (χ0n) is 13.5. The van der Waals surface area contributed by atoms with E-state index in [0.717, 1.165) is 16.8 Å². The van der Waals surface area contributed by atoms with Gasteiger partial charge in [-0.1, -0.05) is 0 Å². The van der Waals surface area contributed by atoms with Gasteiger partial charge >= 0.3 is 0 Å². The van der Waals surface area contributed by atoms with Gasteiger partial charge in [-0.15, -0.1) is 12.4 Å². The van der Waals surface area contributed by atoms with Crippen molar-refractivity contribution < 1.29 is 9.59 Å². The number of fused-ring (bicyclic) bond motifs is 1. The summed E-state index contributed by atoms with van der Waals surface area (Å²) in [6.07, 6.45) is 4.63. The third-order valence-electron chi connectivity index (χ3n) is 3.88. The van der Waals surface area contributed by atoms with Gasteiger partial charge in [-0.2, -0.15) is 5.10 Å². The maximum Gasteiger partial charge on any atom is 0.246 e. The number of anilines is 2. The summed E-state index contributed by atoms with van der Waals surface area (Å²) in [5.74, 6) is -0.124. The first-order valence-corrected chi connectivity index (χ1v) is 7.46. The van der Waals surface area contributed by atoms with Crippen LogP contribution in [-0.4, -0.2) is 28.6 Å². The molecule has 0 saturated carbocycles. The number of likely N-dealkylation sites (N-methyl/N-ethyl adjacent to an activating group) is 1. The molecule has 2 amide bonds. The van der Waals surface area contributed by atoms with E-state index in [2.05, 4.69) is 21.0 Å². The van der Waals surface area contributed by atoms with E-state index in [9.17, 15) is 9.59 Å². The SMILES string of the molecule is CNC(C(=O)Nc1ccc2c(c1)CCC(=O)N2)c1cnn(C)c1.Cl. The highest BCUT2D eigenvalue weighted by atomic mass is 35.5. The Morgan fingerprint density at radius 3 is 2.83 bits per heavy atom. The Morgan fingerprint density at radius 1 is 1.38 bits per heavy atom.